The zero-order chi connectivity index (χ0) is 15.0. The first kappa shape index (κ1) is 14.2. The minimum absolute atomic E-state index is 0.0420. The second kappa shape index (κ2) is 5.55. The topological polar surface area (TPSA) is 76.2 Å². The molecule has 0 aliphatic heterocycles. The molecule has 0 saturated heterocycles. The maximum absolute atomic E-state index is 13.3. The fraction of sp³-hybridized carbons (Fsp3) is 0.357. The predicted molar refractivity (Wildman–Crippen MR) is 75.1 cm³/mol. The molecule has 2 atom stereocenters. The molecule has 21 heavy (non-hydrogen) atoms. The van der Waals surface area contributed by atoms with E-state index < -0.39 is 5.97 Å². The Balaban J connectivity index is 1.84. The van der Waals surface area contributed by atoms with Crippen molar-refractivity contribution < 1.29 is 18.8 Å². The van der Waals surface area contributed by atoms with Gasteiger partial charge >= 0.3 is 5.97 Å². The van der Waals surface area contributed by atoms with Gasteiger partial charge in [0.05, 0.1) is 5.92 Å². The minimum atomic E-state index is -0.787. The predicted octanol–water partition coefficient (Wildman–Crippen LogP) is 3.61. The monoisotopic (exact) mass is 354 g/mol. The van der Waals surface area contributed by atoms with Crippen LogP contribution in [0.25, 0.3) is 11.4 Å². The lowest BCUT2D eigenvalue weighted by Gasteiger charge is -2.02. The van der Waals surface area contributed by atoms with Crippen LogP contribution in [0.5, 0.6) is 0 Å². The number of aromatic nitrogens is 2. The highest BCUT2D eigenvalue weighted by atomic mass is 79.9. The van der Waals surface area contributed by atoms with Crippen LogP contribution in [0.15, 0.2) is 27.2 Å². The summed E-state index contributed by atoms with van der Waals surface area (Å²) in [7, 11) is 0. The number of benzene rings is 1. The van der Waals surface area contributed by atoms with Gasteiger partial charge in [-0.25, -0.2) is 4.39 Å². The fourth-order valence-corrected chi connectivity index (χ4v) is 3.03. The zero-order valence-electron chi connectivity index (χ0n) is 10.9. The molecule has 5 nitrogen and oxygen atoms in total. The van der Waals surface area contributed by atoms with Crippen molar-refractivity contribution in [2.75, 3.05) is 0 Å². The van der Waals surface area contributed by atoms with Crippen LogP contribution in [0.2, 0.25) is 0 Å². The molecule has 1 heterocycles. The van der Waals surface area contributed by atoms with Crippen molar-refractivity contribution in [1.29, 1.82) is 0 Å². The largest absolute Gasteiger partial charge is 0.481 e. The van der Waals surface area contributed by atoms with E-state index in [4.69, 9.17) is 9.63 Å². The Hall–Kier alpha value is -1.76. The minimum Gasteiger partial charge on any atom is -0.481 e. The van der Waals surface area contributed by atoms with Crippen LogP contribution < -0.4 is 0 Å². The number of aliphatic carboxylic acids is 1. The van der Waals surface area contributed by atoms with Gasteiger partial charge in [0.1, 0.15) is 5.82 Å². The number of hydrogen-bond donors (Lipinski definition) is 1. The van der Waals surface area contributed by atoms with Crippen molar-refractivity contribution in [1.82, 2.24) is 10.1 Å². The molecule has 1 aliphatic carbocycles. The Morgan fingerprint density at radius 1 is 1.43 bits per heavy atom. The highest BCUT2D eigenvalue weighted by Crippen LogP contribution is 2.38. The molecule has 1 N–H and O–H groups in total. The highest BCUT2D eigenvalue weighted by molar-refractivity contribution is 9.10. The third-order valence-corrected chi connectivity index (χ3v) is 4.43. The Kier molecular flexibility index (Phi) is 3.75. The maximum Gasteiger partial charge on any atom is 0.306 e. The molecule has 0 bridgehead atoms. The number of rotatable bonds is 3. The van der Waals surface area contributed by atoms with Gasteiger partial charge in [0, 0.05) is 16.0 Å². The Morgan fingerprint density at radius 3 is 2.95 bits per heavy atom. The molecule has 1 aromatic heterocycles. The van der Waals surface area contributed by atoms with Crippen molar-refractivity contribution in [2.45, 2.75) is 25.2 Å². The van der Waals surface area contributed by atoms with Gasteiger partial charge in [-0.2, -0.15) is 4.98 Å². The molecular weight excluding hydrogens is 343 g/mol. The van der Waals surface area contributed by atoms with Crippen LogP contribution in [0, 0.1) is 11.7 Å². The SMILES string of the molecule is O=C(O)C1CCC(c2nc(-c3cc(F)ccc3Br)no2)C1. The van der Waals surface area contributed by atoms with Gasteiger partial charge in [-0.3, -0.25) is 4.79 Å². The van der Waals surface area contributed by atoms with E-state index in [9.17, 15) is 9.18 Å². The molecule has 1 fully saturated rings. The van der Waals surface area contributed by atoms with Crippen LogP contribution in [0.1, 0.15) is 31.1 Å². The van der Waals surface area contributed by atoms with Crippen LogP contribution >= 0.6 is 15.9 Å². The summed E-state index contributed by atoms with van der Waals surface area (Å²) >= 11 is 3.32. The van der Waals surface area contributed by atoms with E-state index in [0.29, 0.717) is 41.0 Å². The number of halogens is 2. The van der Waals surface area contributed by atoms with Gasteiger partial charge < -0.3 is 9.63 Å². The molecule has 110 valence electrons. The Bertz CT molecular complexity index is 689. The van der Waals surface area contributed by atoms with Crippen LogP contribution in [0.3, 0.4) is 0 Å². The summed E-state index contributed by atoms with van der Waals surface area (Å²) in [5, 5.41) is 12.9. The zero-order valence-corrected chi connectivity index (χ0v) is 12.5. The lowest BCUT2D eigenvalue weighted by Crippen LogP contribution is -2.09. The average molecular weight is 355 g/mol. The van der Waals surface area contributed by atoms with E-state index in [0.717, 1.165) is 0 Å². The van der Waals surface area contributed by atoms with E-state index in [1.165, 1.54) is 12.1 Å². The molecule has 7 heteroatoms. The van der Waals surface area contributed by atoms with E-state index >= 15 is 0 Å². The molecule has 2 aromatic rings. The second-order valence-corrected chi connectivity index (χ2v) is 5.98. The first-order valence-corrected chi connectivity index (χ1v) is 7.35. The van der Waals surface area contributed by atoms with Gasteiger partial charge in [-0.1, -0.05) is 21.1 Å². The van der Waals surface area contributed by atoms with Crippen molar-refractivity contribution in [3.63, 3.8) is 0 Å². The molecule has 2 unspecified atom stereocenters. The lowest BCUT2D eigenvalue weighted by atomic mass is 10.1. The molecule has 0 spiro atoms. The number of carbonyl (C=O) groups is 1. The average Bonchev–Trinajstić information content (AvgIpc) is 3.09. The van der Waals surface area contributed by atoms with Crippen molar-refractivity contribution in [2.24, 2.45) is 5.92 Å². The summed E-state index contributed by atoms with van der Waals surface area (Å²) < 4.78 is 19.2. The van der Waals surface area contributed by atoms with Gasteiger partial charge in [0.15, 0.2) is 0 Å². The molecule has 0 radical (unpaired) electrons. The Morgan fingerprint density at radius 2 is 2.24 bits per heavy atom. The highest BCUT2D eigenvalue weighted by Gasteiger charge is 2.34. The van der Waals surface area contributed by atoms with Crippen molar-refractivity contribution >= 4 is 21.9 Å². The smallest absolute Gasteiger partial charge is 0.306 e. The number of nitrogens with zero attached hydrogens (tertiary/aromatic N) is 2. The van der Waals surface area contributed by atoms with Gasteiger partial charge in [0.2, 0.25) is 11.7 Å². The molecule has 1 aliphatic rings. The second-order valence-electron chi connectivity index (χ2n) is 5.13. The Labute approximate surface area is 128 Å². The number of carboxylic acids is 1. The van der Waals surface area contributed by atoms with Crippen molar-refractivity contribution in [3.8, 4) is 11.4 Å². The van der Waals surface area contributed by atoms with Crippen molar-refractivity contribution in [3.05, 3.63) is 34.4 Å². The standard InChI is InChI=1S/C14H12BrFN2O3/c15-11-4-3-9(16)6-10(11)12-17-13(21-18-12)7-1-2-8(5-7)14(19)20/h3-4,6-8H,1-2,5H2,(H,19,20). The van der Waals surface area contributed by atoms with Crippen LogP contribution in [0.4, 0.5) is 4.39 Å². The third kappa shape index (κ3) is 2.83. The first-order valence-electron chi connectivity index (χ1n) is 6.56. The number of carboxylic acid groups (broad SMARTS) is 1. The van der Waals surface area contributed by atoms with Gasteiger partial charge in [0.25, 0.3) is 0 Å². The summed E-state index contributed by atoms with van der Waals surface area (Å²) in [5.74, 6) is -0.845. The molecule has 1 aromatic carbocycles. The van der Waals surface area contributed by atoms with E-state index in [1.807, 2.05) is 0 Å². The molecule has 3 rings (SSSR count). The normalized spacial score (nSPS) is 21.6. The van der Waals surface area contributed by atoms with E-state index in [2.05, 4.69) is 26.1 Å². The van der Waals surface area contributed by atoms with E-state index in [1.54, 1.807) is 6.07 Å². The van der Waals surface area contributed by atoms with E-state index in [-0.39, 0.29) is 17.7 Å². The quantitative estimate of drug-likeness (QED) is 0.910. The number of hydrogen-bond acceptors (Lipinski definition) is 4. The van der Waals surface area contributed by atoms with Crippen LogP contribution in [-0.4, -0.2) is 21.2 Å². The molecule has 1 saturated carbocycles. The first-order chi connectivity index (χ1) is 10.0. The third-order valence-electron chi connectivity index (χ3n) is 3.74. The summed E-state index contributed by atoms with van der Waals surface area (Å²) in [4.78, 5) is 15.3. The summed E-state index contributed by atoms with van der Waals surface area (Å²) in [6.45, 7) is 0. The maximum atomic E-state index is 13.3. The molecule has 0 amide bonds. The van der Waals surface area contributed by atoms with Gasteiger partial charge in [-0.05, 0) is 37.5 Å². The lowest BCUT2D eigenvalue weighted by molar-refractivity contribution is -0.141. The molecular formula is C14H12BrFN2O3. The fourth-order valence-electron chi connectivity index (χ4n) is 2.61. The summed E-state index contributed by atoms with van der Waals surface area (Å²) in [6.07, 6.45) is 1.82. The summed E-state index contributed by atoms with van der Waals surface area (Å²) in [5.41, 5.74) is 0.512. The van der Waals surface area contributed by atoms with Gasteiger partial charge in [-0.15, -0.1) is 0 Å². The van der Waals surface area contributed by atoms with Crippen LogP contribution in [-0.2, 0) is 4.79 Å². The summed E-state index contributed by atoms with van der Waals surface area (Å²) in [6, 6.07) is 4.24.